The van der Waals surface area contributed by atoms with E-state index < -0.39 is 21.5 Å². The molecule has 1 saturated heterocycles. The van der Waals surface area contributed by atoms with Crippen LogP contribution in [-0.2, 0) is 21.2 Å². The van der Waals surface area contributed by atoms with Gasteiger partial charge in [0, 0.05) is 18.0 Å². The van der Waals surface area contributed by atoms with E-state index in [9.17, 15) is 13.2 Å². The molecule has 0 saturated carbocycles. The molecule has 0 radical (unpaired) electrons. The Morgan fingerprint density at radius 1 is 1.58 bits per heavy atom. The SMILES string of the molecule is CCc1ccc(S(=O)(=O)N2CCC(N)(C(=O)O)C2)s1. The van der Waals surface area contributed by atoms with Crippen LogP contribution in [0.5, 0.6) is 0 Å². The summed E-state index contributed by atoms with van der Waals surface area (Å²) >= 11 is 1.22. The second kappa shape index (κ2) is 4.86. The molecule has 106 valence electrons. The number of aryl methyl sites for hydroxylation is 1. The largest absolute Gasteiger partial charge is 0.480 e. The lowest BCUT2D eigenvalue weighted by Gasteiger charge is -2.19. The maximum absolute atomic E-state index is 12.4. The Bertz CT molecular complexity index is 596. The number of nitrogens with zero attached hydrogens (tertiary/aromatic N) is 1. The fraction of sp³-hybridized carbons (Fsp3) is 0.545. The Morgan fingerprint density at radius 3 is 2.74 bits per heavy atom. The number of hydrogen-bond donors (Lipinski definition) is 2. The van der Waals surface area contributed by atoms with Crippen molar-refractivity contribution in [1.29, 1.82) is 0 Å². The van der Waals surface area contributed by atoms with Crippen LogP contribution in [0.4, 0.5) is 0 Å². The molecule has 19 heavy (non-hydrogen) atoms. The molecule has 0 amide bonds. The van der Waals surface area contributed by atoms with Crippen molar-refractivity contribution >= 4 is 27.3 Å². The quantitative estimate of drug-likeness (QED) is 0.843. The van der Waals surface area contributed by atoms with E-state index in [0.717, 1.165) is 15.6 Å². The summed E-state index contributed by atoms with van der Waals surface area (Å²) in [6.07, 6.45) is 0.906. The normalized spacial score (nSPS) is 24.7. The van der Waals surface area contributed by atoms with Gasteiger partial charge in [0.1, 0.15) is 9.75 Å². The molecule has 1 aromatic rings. The lowest BCUT2D eigenvalue weighted by Crippen LogP contribution is -2.50. The fourth-order valence-corrected chi connectivity index (χ4v) is 4.95. The van der Waals surface area contributed by atoms with Gasteiger partial charge in [-0.05, 0) is 25.0 Å². The molecule has 2 heterocycles. The number of rotatable bonds is 4. The summed E-state index contributed by atoms with van der Waals surface area (Å²) in [7, 11) is -3.62. The van der Waals surface area contributed by atoms with Crippen LogP contribution in [0.25, 0.3) is 0 Å². The van der Waals surface area contributed by atoms with Crippen molar-refractivity contribution in [3.8, 4) is 0 Å². The third-order valence-corrected chi connectivity index (χ3v) is 6.81. The third kappa shape index (κ3) is 2.53. The Morgan fingerprint density at radius 2 is 2.26 bits per heavy atom. The smallest absolute Gasteiger partial charge is 0.325 e. The van der Waals surface area contributed by atoms with Crippen LogP contribution in [-0.4, -0.2) is 42.4 Å². The zero-order valence-electron chi connectivity index (χ0n) is 10.5. The Hall–Kier alpha value is -0.960. The summed E-state index contributed by atoms with van der Waals surface area (Å²) in [4.78, 5) is 12.0. The molecule has 0 spiro atoms. The van der Waals surface area contributed by atoms with Crippen molar-refractivity contribution in [2.45, 2.75) is 29.5 Å². The Balaban J connectivity index is 2.25. The van der Waals surface area contributed by atoms with E-state index in [1.54, 1.807) is 12.1 Å². The van der Waals surface area contributed by atoms with Gasteiger partial charge in [-0.25, -0.2) is 8.42 Å². The highest BCUT2D eigenvalue weighted by Crippen LogP contribution is 2.30. The average Bonchev–Trinajstić information content (AvgIpc) is 2.96. The number of aliphatic carboxylic acids is 1. The number of hydrogen-bond acceptors (Lipinski definition) is 5. The summed E-state index contributed by atoms with van der Waals surface area (Å²) in [5, 5.41) is 9.02. The summed E-state index contributed by atoms with van der Waals surface area (Å²) in [6.45, 7) is 1.92. The number of thiophene rings is 1. The first kappa shape index (κ1) is 14.4. The molecule has 1 aromatic heterocycles. The molecule has 1 aliphatic rings. The topological polar surface area (TPSA) is 101 Å². The van der Waals surface area contributed by atoms with E-state index in [2.05, 4.69) is 0 Å². The molecular weight excluding hydrogens is 288 g/mol. The third-order valence-electron chi connectivity index (χ3n) is 3.27. The van der Waals surface area contributed by atoms with E-state index in [4.69, 9.17) is 10.8 Å². The van der Waals surface area contributed by atoms with E-state index in [-0.39, 0.29) is 23.7 Å². The highest BCUT2D eigenvalue weighted by atomic mass is 32.2. The maximum Gasteiger partial charge on any atom is 0.325 e. The zero-order valence-corrected chi connectivity index (χ0v) is 12.1. The van der Waals surface area contributed by atoms with Crippen LogP contribution in [0, 0.1) is 0 Å². The lowest BCUT2D eigenvalue weighted by atomic mass is 10.0. The molecule has 1 atom stereocenters. The molecule has 6 nitrogen and oxygen atoms in total. The van der Waals surface area contributed by atoms with Crippen molar-refractivity contribution in [2.24, 2.45) is 5.73 Å². The van der Waals surface area contributed by atoms with Crippen LogP contribution in [0.2, 0.25) is 0 Å². The summed E-state index contributed by atoms with van der Waals surface area (Å²) in [6, 6.07) is 3.34. The van der Waals surface area contributed by atoms with Gasteiger partial charge in [-0.15, -0.1) is 11.3 Å². The van der Waals surface area contributed by atoms with Crippen molar-refractivity contribution in [2.75, 3.05) is 13.1 Å². The van der Waals surface area contributed by atoms with Crippen molar-refractivity contribution in [3.05, 3.63) is 17.0 Å². The highest BCUT2D eigenvalue weighted by molar-refractivity contribution is 7.91. The van der Waals surface area contributed by atoms with Gasteiger partial charge in [0.05, 0.1) is 0 Å². The van der Waals surface area contributed by atoms with Gasteiger partial charge in [0.25, 0.3) is 10.0 Å². The molecule has 0 bridgehead atoms. The fourth-order valence-electron chi connectivity index (χ4n) is 1.99. The summed E-state index contributed by atoms with van der Waals surface area (Å²) in [5.41, 5.74) is 4.22. The maximum atomic E-state index is 12.4. The lowest BCUT2D eigenvalue weighted by molar-refractivity contribution is -0.142. The standard InChI is InChI=1S/C11H16N2O4S2/c1-2-8-3-4-9(18-8)19(16,17)13-6-5-11(12,7-13)10(14)15/h3-4H,2,5-7,12H2,1H3,(H,14,15). The predicted octanol–water partition coefficient (Wildman–Crippen LogP) is 0.487. The second-order valence-electron chi connectivity index (χ2n) is 4.62. The molecular formula is C11H16N2O4S2. The van der Waals surface area contributed by atoms with Crippen LogP contribution < -0.4 is 5.73 Å². The Labute approximate surface area is 115 Å². The van der Waals surface area contributed by atoms with Crippen molar-refractivity contribution in [3.63, 3.8) is 0 Å². The van der Waals surface area contributed by atoms with Gasteiger partial charge in [0.15, 0.2) is 0 Å². The minimum Gasteiger partial charge on any atom is -0.480 e. The molecule has 1 aliphatic heterocycles. The van der Waals surface area contributed by atoms with Crippen LogP contribution in [0.1, 0.15) is 18.2 Å². The number of carboxylic acids is 1. The van der Waals surface area contributed by atoms with Gasteiger partial charge in [-0.3, -0.25) is 4.79 Å². The number of carbonyl (C=O) groups is 1. The van der Waals surface area contributed by atoms with Crippen molar-refractivity contribution in [1.82, 2.24) is 4.31 Å². The van der Waals surface area contributed by atoms with Gasteiger partial charge in [-0.1, -0.05) is 6.92 Å². The van der Waals surface area contributed by atoms with E-state index in [1.165, 1.54) is 11.3 Å². The predicted molar refractivity (Wildman–Crippen MR) is 71.6 cm³/mol. The number of carboxylic acid groups (broad SMARTS) is 1. The van der Waals surface area contributed by atoms with E-state index in [1.807, 2.05) is 6.92 Å². The number of nitrogens with two attached hydrogens (primary N) is 1. The van der Waals surface area contributed by atoms with Gasteiger partial charge in [0.2, 0.25) is 0 Å². The number of sulfonamides is 1. The molecule has 0 aromatic carbocycles. The molecule has 1 fully saturated rings. The van der Waals surface area contributed by atoms with E-state index in [0.29, 0.717) is 0 Å². The minimum atomic E-state index is -3.62. The first-order chi connectivity index (χ1) is 8.79. The van der Waals surface area contributed by atoms with Crippen LogP contribution >= 0.6 is 11.3 Å². The molecule has 3 N–H and O–H groups in total. The monoisotopic (exact) mass is 304 g/mol. The van der Waals surface area contributed by atoms with Gasteiger partial charge >= 0.3 is 5.97 Å². The second-order valence-corrected chi connectivity index (χ2v) is 7.96. The van der Waals surface area contributed by atoms with Crippen LogP contribution in [0.15, 0.2) is 16.3 Å². The first-order valence-corrected chi connectivity index (χ1v) is 8.16. The summed E-state index contributed by atoms with van der Waals surface area (Å²) in [5.74, 6) is -1.16. The van der Waals surface area contributed by atoms with Crippen LogP contribution in [0.3, 0.4) is 0 Å². The summed E-state index contributed by atoms with van der Waals surface area (Å²) < 4.78 is 26.1. The van der Waals surface area contributed by atoms with Gasteiger partial charge in [-0.2, -0.15) is 4.31 Å². The highest BCUT2D eigenvalue weighted by Gasteiger charge is 2.45. The molecule has 1 unspecified atom stereocenters. The molecule has 8 heteroatoms. The zero-order chi connectivity index (χ0) is 14.3. The first-order valence-electron chi connectivity index (χ1n) is 5.91. The average molecular weight is 304 g/mol. The Kier molecular flexibility index (Phi) is 3.69. The minimum absolute atomic E-state index is 0.133. The van der Waals surface area contributed by atoms with E-state index >= 15 is 0 Å². The molecule has 2 rings (SSSR count). The van der Waals surface area contributed by atoms with Crippen molar-refractivity contribution < 1.29 is 18.3 Å². The molecule has 0 aliphatic carbocycles. The van der Waals surface area contributed by atoms with Gasteiger partial charge < -0.3 is 10.8 Å².